The number of halogens is 1. The van der Waals surface area contributed by atoms with Crippen molar-refractivity contribution in [1.82, 2.24) is 20.9 Å². The molecule has 3 N–H and O–H groups in total. The van der Waals surface area contributed by atoms with E-state index in [0.717, 1.165) is 29.5 Å². The average Bonchev–Trinajstić information content (AvgIpc) is 3.11. The lowest BCUT2D eigenvalue weighted by molar-refractivity contribution is -0.125. The number of thiazole rings is 1. The van der Waals surface area contributed by atoms with Gasteiger partial charge in [0.15, 0.2) is 5.96 Å². The van der Waals surface area contributed by atoms with Gasteiger partial charge in [-0.3, -0.25) is 9.79 Å². The Morgan fingerprint density at radius 2 is 1.92 bits per heavy atom. The van der Waals surface area contributed by atoms with Crippen molar-refractivity contribution in [2.75, 3.05) is 20.1 Å². The average molecular weight is 493 g/mol. The second-order valence-electron chi connectivity index (χ2n) is 6.80. The molecule has 26 heavy (non-hydrogen) atoms. The highest BCUT2D eigenvalue weighted by Crippen LogP contribution is 2.23. The Balaban J connectivity index is 0.00000338. The van der Waals surface area contributed by atoms with E-state index in [1.807, 2.05) is 0 Å². The van der Waals surface area contributed by atoms with Crippen LogP contribution in [-0.4, -0.2) is 37.0 Å². The third-order valence-corrected chi connectivity index (χ3v) is 5.35. The standard InChI is InChI=1S/C18H31N5OS.HI/c1-13(2)15-12-25-16(23-15)11-22-18(19-3)21-10-9-20-17(24)14-7-5-4-6-8-14;/h12-14H,4-11H2,1-3H3,(H,20,24)(H2,19,21,22);1H. The minimum atomic E-state index is 0. The van der Waals surface area contributed by atoms with Crippen LogP contribution in [0.15, 0.2) is 10.4 Å². The molecule has 1 amide bonds. The van der Waals surface area contributed by atoms with E-state index in [1.54, 1.807) is 18.4 Å². The number of aromatic nitrogens is 1. The van der Waals surface area contributed by atoms with Gasteiger partial charge >= 0.3 is 0 Å². The van der Waals surface area contributed by atoms with Gasteiger partial charge in [0.05, 0.1) is 12.2 Å². The molecule has 0 radical (unpaired) electrons. The number of carbonyl (C=O) groups is 1. The Labute approximate surface area is 178 Å². The van der Waals surface area contributed by atoms with Gasteiger partial charge in [-0.2, -0.15) is 0 Å². The first-order valence-electron chi connectivity index (χ1n) is 9.26. The van der Waals surface area contributed by atoms with Crippen LogP contribution in [-0.2, 0) is 11.3 Å². The third kappa shape index (κ3) is 7.77. The van der Waals surface area contributed by atoms with Gasteiger partial charge in [-0.1, -0.05) is 33.1 Å². The van der Waals surface area contributed by atoms with Crippen molar-refractivity contribution in [2.24, 2.45) is 10.9 Å². The molecule has 0 aliphatic heterocycles. The normalized spacial score (nSPS) is 15.5. The summed E-state index contributed by atoms with van der Waals surface area (Å²) in [5.41, 5.74) is 1.13. The van der Waals surface area contributed by atoms with E-state index in [1.165, 1.54) is 19.3 Å². The van der Waals surface area contributed by atoms with Crippen LogP contribution < -0.4 is 16.0 Å². The quantitative estimate of drug-likeness (QED) is 0.236. The molecule has 0 bridgehead atoms. The van der Waals surface area contributed by atoms with E-state index in [9.17, 15) is 4.79 Å². The lowest BCUT2D eigenvalue weighted by Gasteiger charge is -2.20. The lowest BCUT2D eigenvalue weighted by atomic mass is 9.89. The predicted octanol–water partition coefficient (Wildman–Crippen LogP) is 3.25. The van der Waals surface area contributed by atoms with Gasteiger partial charge in [0.25, 0.3) is 0 Å². The number of carbonyl (C=O) groups excluding carboxylic acids is 1. The van der Waals surface area contributed by atoms with Gasteiger partial charge in [0.2, 0.25) is 5.91 Å². The van der Waals surface area contributed by atoms with Gasteiger partial charge in [-0.05, 0) is 18.8 Å². The lowest BCUT2D eigenvalue weighted by Crippen LogP contribution is -2.42. The molecule has 2 rings (SSSR count). The summed E-state index contributed by atoms with van der Waals surface area (Å²) in [6.45, 7) is 6.23. The number of nitrogens with one attached hydrogen (secondary N) is 3. The number of amides is 1. The summed E-state index contributed by atoms with van der Waals surface area (Å²) in [4.78, 5) is 20.9. The van der Waals surface area contributed by atoms with Gasteiger partial charge in [0.1, 0.15) is 5.01 Å². The van der Waals surface area contributed by atoms with Crippen LogP contribution in [0.2, 0.25) is 0 Å². The maximum Gasteiger partial charge on any atom is 0.223 e. The van der Waals surface area contributed by atoms with E-state index in [2.05, 4.69) is 45.2 Å². The zero-order chi connectivity index (χ0) is 18.1. The summed E-state index contributed by atoms with van der Waals surface area (Å²) in [5, 5.41) is 12.7. The van der Waals surface area contributed by atoms with E-state index in [4.69, 9.17) is 0 Å². The maximum atomic E-state index is 12.1. The summed E-state index contributed by atoms with van der Waals surface area (Å²) in [6, 6.07) is 0. The molecule has 6 nitrogen and oxygen atoms in total. The van der Waals surface area contributed by atoms with E-state index >= 15 is 0 Å². The fraction of sp³-hybridized carbons (Fsp3) is 0.722. The number of nitrogens with zero attached hydrogens (tertiary/aromatic N) is 2. The first-order chi connectivity index (χ1) is 12.1. The highest BCUT2D eigenvalue weighted by molar-refractivity contribution is 14.0. The van der Waals surface area contributed by atoms with E-state index < -0.39 is 0 Å². The molecule has 1 heterocycles. The van der Waals surface area contributed by atoms with Crippen LogP contribution in [0.3, 0.4) is 0 Å². The number of rotatable bonds is 7. The van der Waals surface area contributed by atoms with Gasteiger partial charge in [-0.15, -0.1) is 35.3 Å². The number of aliphatic imine (C=N–C) groups is 1. The zero-order valence-corrected chi connectivity index (χ0v) is 19.2. The van der Waals surface area contributed by atoms with Crippen molar-refractivity contribution in [3.63, 3.8) is 0 Å². The Bertz CT molecular complexity index is 570. The van der Waals surface area contributed by atoms with Crippen molar-refractivity contribution >= 4 is 47.2 Å². The van der Waals surface area contributed by atoms with Crippen LogP contribution in [0, 0.1) is 5.92 Å². The summed E-state index contributed by atoms with van der Waals surface area (Å²) < 4.78 is 0. The topological polar surface area (TPSA) is 78.4 Å². The fourth-order valence-electron chi connectivity index (χ4n) is 2.93. The van der Waals surface area contributed by atoms with Crippen LogP contribution in [0.25, 0.3) is 0 Å². The largest absolute Gasteiger partial charge is 0.355 e. The van der Waals surface area contributed by atoms with Crippen molar-refractivity contribution in [3.05, 3.63) is 16.1 Å². The Hall–Kier alpha value is -0.900. The first-order valence-corrected chi connectivity index (χ1v) is 10.1. The third-order valence-electron chi connectivity index (χ3n) is 4.48. The molecular formula is C18H32IN5OS. The van der Waals surface area contributed by atoms with Crippen LogP contribution in [0.1, 0.15) is 62.6 Å². The SMILES string of the molecule is CN=C(NCCNC(=O)C1CCCCC1)NCc1nc(C(C)C)cs1.I. The summed E-state index contributed by atoms with van der Waals surface area (Å²) in [7, 11) is 1.75. The predicted molar refractivity (Wildman–Crippen MR) is 119 cm³/mol. The molecular weight excluding hydrogens is 461 g/mol. The molecule has 148 valence electrons. The molecule has 1 aromatic heterocycles. The van der Waals surface area contributed by atoms with Crippen molar-refractivity contribution in [2.45, 2.75) is 58.4 Å². The zero-order valence-electron chi connectivity index (χ0n) is 16.0. The molecule has 0 atom stereocenters. The molecule has 0 aromatic carbocycles. The molecule has 0 saturated heterocycles. The first kappa shape index (κ1) is 23.1. The molecule has 1 aromatic rings. The molecule has 0 unspecified atom stereocenters. The molecule has 1 aliphatic carbocycles. The van der Waals surface area contributed by atoms with Crippen LogP contribution >= 0.6 is 35.3 Å². The van der Waals surface area contributed by atoms with Gasteiger partial charge in [-0.25, -0.2) is 4.98 Å². The molecule has 8 heteroatoms. The summed E-state index contributed by atoms with van der Waals surface area (Å²) in [6.07, 6.45) is 5.71. The molecule has 0 spiro atoms. The number of hydrogen-bond acceptors (Lipinski definition) is 4. The smallest absolute Gasteiger partial charge is 0.223 e. The van der Waals surface area contributed by atoms with Gasteiger partial charge < -0.3 is 16.0 Å². The summed E-state index contributed by atoms with van der Waals surface area (Å²) in [5.74, 6) is 1.60. The van der Waals surface area contributed by atoms with Crippen molar-refractivity contribution < 1.29 is 4.79 Å². The maximum absolute atomic E-state index is 12.1. The van der Waals surface area contributed by atoms with Gasteiger partial charge in [0, 0.05) is 31.4 Å². The van der Waals surface area contributed by atoms with E-state index in [0.29, 0.717) is 25.6 Å². The van der Waals surface area contributed by atoms with Crippen molar-refractivity contribution in [1.29, 1.82) is 0 Å². The molecule has 1 saturated carbocycles. The highest BCUT2D eigenvalue weighted by Gasteiger charge is 2.20. The second kappa shape index (κ2) is 12.5. The fourth-order valence-corrected chi connectivity index (χ4v) is 3.82. The molecule has 1 aliphatic rings. The minimum Gasteiger partial charge on any atom is -0.355 e. The highest BCUT2D eigenvalue weighted by atomic mass is 127. The second-order valence-corrected chi connectivity index (χ2v) is 7.74. The Morgan fingerprint density at radius 1 is 1.23 bits per heavy atom. The Morgan fingerprint density at radius 3 is 2.54 bits per heavy atom. The molecule has 1 fully saturated rings. The number of guanidine groups is 1. The van der Waals surface area contributed by atoms with Crippen LogP contribution in [0.4, 0.5) is 0 Å². The van der Waals surface area contributed by atoms with E-state index in [-0.39, 0.29) is 35.8 Å². The Kier molecular flexibility index (Phi) is 11.1. The number of hydrogen-bond donors (Lipinski definition) is 3. The minimum absolute atomic E-state index is 0. The van der Waals surface area contributed by atoms with Crippen LogP contribution in [0.5, 0.6) is 0 Å². The summed E-state index contributed by atoms with van der Waals surface area (Å²) >= 11 is 1.67. The monoisotopic (exact) mass is 493 g/mol. The van der Waals surface area contributed by atoms with Crippen molar-refractivity contribution in [3.8, 4) is 0 Å².